The second kappa shape index (κ2) is 11.9. The van der Waals surface area contributed by atoms with Crippen LogP contribution >= 0.6 is 0 Å². The molecule has 0 aromatic heterocycles. The summed E-state index contributed by atoms with van der Waals surface area (Å²) < 4.78 is 9.87. The normalized spacial score (nSPS) is 12.4. The minimum absolute atomic E-state index is 0.332. The molecule has 0 aliphatic heterocycles. The second-order valence-electron chi connectivity index (χ2n) is 9.84. The Kier molecular flexibility index (Phi) is 10.1. The summed E-state index contributed by atoms with van der Waals surface area (Å²) in [5.74, 6) is -1.59. The van der Waals surface area contributed by atoms with E-state index in [9.17, 15) is 19.2 Å². The molecular weight excluding hydrogens is 438 g/mol. The molecule has 1 atom stereocenters. The molecular formula is C25H39N3O6. The minimum Gasteiger partial charge on any atom is -0.468 e. The molecule has 0 spiro atoms. The van der Waals surface area contributed by atoms with Gasteiger partial charge in [0.15, 0.2) is 0 Å². The van der Waals surface area contributed by atoms with Crippen molar-refractivity contribution in [3.8, 4) is 0 Å². The van der Waals surface area contributed by atoms with Crippen molar-refractivity contribution >= 4 is 23.9 Å². The first-order chi connectivity index (χ1) is 15.6. The zero-order chi connectivity index (χ0) is 26.3. The van der Waals surface area contributed by atoms with Crippen LogP contribution in [0, 0.1) is 13.8 Å². The van der Waals surface area contributed by atoms with Crippen molar-refractivity contribution in [2.24, 2.45) is 0 Å². The lowest BCUT2D eigenvalue weighted by Gasteiger charge is -2.43. The van der Waals surface area contributed by atoms with E-state index in [0.29, 0.717) is 12.0 Å². The molecule has 9 nitrogen and oxygen atoms in total. The number of carbonyl (C=O) groups is 4. The molecule has 0 radical (unpaired) electrons. The van der Waals surface area contributed by atoms with Gasteiger partial charge in [0.1, 0.15) is 24.7 Å². The number of nitrogens with one attached hydrogen (secondary N) is 2. The summed E-state index contributed by atoms with van der Waals surface area (Å²) in [5.41, 5.74) is 0.892. The Bertz CT molecular complexity index is 904. The Morgan fingerprint density at radius 3 is 2.15 bits per heavy atom. The average Bonchev–Trinajstić information content (AvgIpc) is 2.74. The number of hydrogen-bond acceptors (Lipinski definition) is 6. The van der Waals surface area contributed by atoms with Gasteiger partial charge in [0.05, 0.1) is 7.11 Å². The molecule has 1 rings (SSSR count). The summed E-state index contributed by atoms with van der Waals surface area (Å²) in [6, 6.07) is 4.62. The number of benzene rings is 1. The molecule has 0 bridgehead atoms. The standard InChI is InChI=1S/C25H39N3O6/c1-10-25(7,8)28(19(29)14-27-23(32)34-24(4,5)6)21(22(31)26-15-20(30)33-9)18-13-16(2)11-12-17(18)3/h11-13,21H,10,14-15H2,1-9H3,(H,26,31)(H,27,32). The first-order valence-electron chi connectivity index (χ1n) is 11.3. The predicted octanol–water partition coefficient (Wildman–Crippen LogP) is 3.18. The largest absolute Gasteiger partial charge is 0.468 e. The Balaban J connectivity index is 3.44. The van der Waals surface area contributed by atoms with E-state index in [1.54, 1.807) is 20.8 Å². The summed E-state index contributed by atoms with van der Waals surface area (Å²) >= 11 is 0. The average molecular weight is 478 g/mol. The number of carbonyl (C=O) groups excluding carboxylic acids is 4. The van der Waals surface area contributed by atoms with E-state index in [0.717, 1.165) is 11.1 Å². The first kappa shape index (κ1) is 28.9. The fraction of sp³-hybridized carbons (Fsp3) is 0.600. The lowest BCUT2D eigenvalue weighted by Crippen LogP contribution is -2.56. The van der Waals surface area contributed by atoms with Crippen LogP contribution in [0.4, 0.5) is 4.79 Å². The second-order valence-corrected chi connectivity index (χ2v) is 9.84. The number of ether oxygens (including phenoxy) is 2. The topological polar surface area (TPSA) is 114 Å². The molecule has 0 aliphatic rings. The van der Waals surface area contributed by atoms with E-state index in [-0.39, 0.29) is 13.1 Å². The number of methoxy groups -OCH3 is 1. The van der Waals surface area contributed by atoms with Gasteiger partial charge in [0.2, 0.25) is 11.8 Å². The van der Waals surface area contributed by atoms with Crippen LogP contribution < -0.4 is 10.6 Å². The van der Waals surface area contributed by atoms with Crippen molar-refractivity contribution < 1.29 is 28.7 Å². The molecule has 0 saturated carbocycles. The van der Waals surface area contributed by atoms with E-state index >= 15 is 0 Å². The van der Waals surface area contributed by atoms with Gasteiger partial charge in [-0.05, 0) is 66.0 Å². The van der Waals surface area contributed by atoms with Gasteiger partial charge >= 0.3 is 12.1 Å². The maximum atomic E-state index is 13.5. The summed E-state index contributed by atoms with van der Waals surface area (Å²) in [4.78, 5) is 52.2. The maximum absolute atomic E-state index is 13.5. The lowest BCUT2D eigenvalue weighted by molar-refractivity contribution is -0.148. The molecule has 0 aliphatic carbocycles. The van der Waals surface area contributed by atoms with Crippen LogP contribution in [0.25, 0.3) is 0 Å². The van der Waals surface area contributed by atoms with E-state index in [4.69, 9.17) is 4.74 Å². The highest BCUT2D eigenvalue weighted by molar-refractivity contribution is 5.92. The molecule has 190 valence electrons. The molecule has 1 unspecified atom stereocenters. The van der Waals surface area contributed by atoms with Crippen LogP contribution in [0.5, 0.6) is 0 Å². The van der Waals surface area contributed by atoms with Gasteiger partial charge in [-0.25, -0.2) is 4.79 Å². The van der Waals surface area contributed by atoms with Crippen LogP contribution in [-0.2, 0) is 23.9 Å². The molecule has 3 amide bonds. The SMILES string of the molecule is CCC(C)(C)N(C(=O)CNC(=O)OC(C)(C)C)C(C(=O)NCC(=O)OC)c1cc(C)ccc1C. The Morgan fingerprint density at radius 2 is 1.62 bits per heavy atom. The van der Waals surface area contributed by atoms with Gasteiger partial charge in [-0.3, -0.25) is 14.4 Å². The molecule has 9 heteroatoms. The third kappa shape index (κ3) is 8.35. The van der Waals surface area contributed by atoms with Crippen LogP contribution in [-0.4, -0.2) is 60.1 Å². The molecule has 0 saturated heterocycles. The molecule has 34 heavy (non-hydrogen) atoms. The van der Waals surface area contributed by atoms with Gasteiger partial charge in [-0.15, -0.1) is 0 Å². The number of amides is 3. The zero-order valence-electron chi connectivity index (χ0n) is 21.8. The van der Waals surface area contributed by atoms with Crippen molar-refractivity contribution in [2.75, 3.05) is 20.2 Å². The van der Waals surface area contributed by atoms with E-state index in [1.165, 1.54) is 12.0 Å². The minimum atomic E-state index is -1.03. The number of nitrogens with zero attached hydrogens (tertiary/aromatic N) is 1. The fourth-order valence-corrected chi connectivity index (χ4v) is 3.33. The monoisotopic (exact) mass is 477 g/mol. The predicted molar refractivity (Wildman–Crippen MR) is 129 cm³/mol. The van der Waals surface area contributed by atoms with Crippen LogP contribution in [0.3, 0.4) is 0 Å². The van der Waals surface area contributed by atoms with Crippen LogP contribution in [0.15, 0.2) is 18.2 Å². The number of hydrogen-bond donors (Lipinski definition) is 2. The number of aryl methyl sites for hydroxylation is 2. The fourth-order valence-electron chi connectivity index (χ4n) is 3.33. The van der Waals surface area contributed by atoms with Crippen molar-refractivity contribution in [1.82, 2.24) is 15.5 Å². The third-order valence-electron chi connectivity index (χ3n) is 5.44. The maximum Gasteiger partial charge on any atom is 0.408 e. The molecule has 1 aromatic carbocycles. The quantitative estimate of drug-likeness (QED) is 0.528. The highest BCUT2D eigenvalue weighted by Gasteiger charge is 2.40. The van der Waals surface area contributed by atoms with Gasteiger partial charge in [0, 0.05) is 5.54 Å². The number of alkyl carbamates (subject to hydrolysis) is 1. The summed E-state index contributed by atoms with van der Waals surface area (Å²) in [6.07, 6.45) is -0.190. The lowest BCUT2D eigenvalue weighted by atomic mass is 9.90. The Hall–Kier alpha value is -3.10. The summed E-state index contributed by atoms with van der Waals surface area (Å²) in [5, 5.41) is 5.07. The molecule has 0 fully saturated rings. The van der Waals surface area contributed by atoms with Crippen molar-refractivity contribution in [1.29, 1.82) is 0 Å². The van der Waals surface area contributed by atoms with E-state index in [1.807, 2.05) is 52.8 Å². The number of esters is 1. The Labute approximate surface area is 202 Å². The van der Waals surface area contributed by atoms with Crippen molar-refractivity contribution in [3.63, 3.8) is 0 Å². The first-order valence-corrected chi connectivity index (χ1v) is 11.3. The van der Waals surface area contributed by atoms with Crippen molar-refractivity contribution in [3.05, 3.63) is 34.9 Å². The zero-order valence-corrected chi connectivity index (χ0v) is 21.8. The summed E-state index contributed by atoms with van der Waals surface area (Å²) in [7, 11) is 1.23. The van der Waals surface area contributed by atoms with Gasteiger partial charge < -0.3 is 25.0 Å². The van der Waals surface area contributed by atoms with E-state index < -0.39 is 41.1 Å². The molecule has 0 heterocycles. The smallest absolute Gasteiger partial charge is 0.408 e. The van der Waals surface area contributed by atoms with Gasteiger partial charge in [-0.2, -0.15) is 0 Å². The third-order valence-corrected chi connectivity index (χ3v) is 5.44. The summed E-state index contributed by atoms with van der Waals surface area (Å²) in [6.45, 7) is 13.9. The highest BCUT2D eigenvalue weighted by atomic mass is 16.6. The highest BCUT2D eigenvalue weighted by Crippen LogP contribution is 2.33. The Morgan fingerprint density at radius 1 is 1.00 bits per heavy atom. The van der Waals surface area contributed by atoms with Crippen molar-refractivity contribution in [2.45, 2.75) is 79.0 Å². The molecule has 1 aromatic rings. The van der Waals surface area contributed by atoms with Gasteiger partial charge in [-0.1, -0.05) is 30.7 Å². The van der Waals surface area contributed by atoms with Gasteiger partial charge in [0.25, 0.3) is 0 Å². The molecule has 2 N–H and O–H groups in total. The van der Waals surface area contributed by atoms with Crippen LogP contribution in [0.2, 0.25) is 0 Å². The van der Waals surface area contributed by atoms with Crippen LogP contribution in [0.1, 0.15) is 70.7 Å². The number of rotatable bonds is 9. The van der Waals surface area contributed by atoms with E-state index in [2.05, 4.69) is 15.4 Å².